The number of rotatable bonds is 5. The summed E-state index contributed by atoms with van der Waals surface area (Å²) >= 11 is 12.2. The molecule has 0 amide bonds. The minimum absolute atomic E-state index is 0.159. The number of aromatic nitrogens is 3. The molecule has 27 heavy (non-hydrogen) atoms. The summed E-state index contributed by atoms with van der Waals surface area (Å²) in [4.78, 5) is 4.29. The summed E-state index contributed by atoms with van der Waals surface area (Å²) in [5.41, 5.74) is 1.76. The highest BCUT2D eigenvalue weighted by Gasteiger charge is 2.22. The van der Waals surface area contributed by atoms with E-state index in [0.717, 1.165) is 17.0 Å². The fraction of sp³-hybridized carbons (Fsp3) is 0.316. The number of pyridine rings is 1. The molecule has 2 aromatic heterocycles. The molecule has 8 heteroatoms. The molecule has 3 rings (SSSR count). The molecule has 142 valence electrons. The Morgan fingerprint density at radius 3 is 2.67 bits per heavy atom. The van der Waals surface area contributed by atoms with Gasteiger partial charge in [-0.25, -0.2) is 0 Å². The van der Waals surface area contributed by atoms with Crippen LogP contribution in [0.4, 0.5) is 0 Å². The third kappa shape index (κ3) is 4.51. The second-order valence-electron chi connectivity index (χ2n) is 6.84. The van der Waals surface area contributed by atoms with Gasteiger partial charge in [0.2, 0.25) is 0 Å². The molecule has 0 unspecified atom stereocenters. The van der Waals surface area contributed by atoms with Gasteiger partial charge in [0.25, 0.3) is 0 Å². The summed E-state index contributed by atoms with van der Waals surface area (Å²) in [5, 5.41) is 16.1. The third-order valence-corrected chi connectivity index (χ3v) is 5.16. The number of guanidine groups is 1. The van der Waals surface area contributed by atoms with E-state index in [1.807, 2.05) is 47.0 Å². The average Bonchev–Trinajstić information content (AvgIpc) is 3.07. The van der Waals surface area contributed by atoms with E-state index in [1.54, 1.807) is 7.05 Å². The molecule has 0 radical (unpaired) electrons. The number of halogens is 2. The van der Waals surface area contributed by atoms with Crippen LogP contribution >= 0.6 is 23.2 Å². The van der Waals surface area contributed by atoms with Crippen LogP contribution in [0.5, 0.6) is 0 Å². The number of benzene rings is 1. The van der Waals surface area contributed by atoms with Crippen LogP contribution in [0.1, 0.15) is 25.2 Å². The summed E-state index contributed by atoms with van der Waals surface area (Å²) in [7, 11) is 1.74. The van der Waals surface area contributed by atoms with Crippen molar-refractivity contribution in [3.05, 3.63) is 64.0 Å². The zero-order chi connectivity index (χ0) is 19.4. The van der Waals surface area contributed by atoms with E-state index in [2.05, 4.69) is 39.7 Å². The molecule has 0 spiro atoms. The smallest absolute Gasteiger partial charge is 0.191 e. The Hall–Kier alpha value is -2.31. The number of hydrogen-bond donors (Lipinski definition) is 2. The van der Waals surface area contributed by atoms with Crippen LogP contribution in [-0.4, -0.2) is 34.2 Å². The van der Waals surface area contributed by atoms with E-state index in [-0.39, 0.29) is 5.41 Å². The summed E-state index contributed by atoms with van der Waals surface area (Å²) in [6.07, 6.45) is 1.94. The molecular formula is C19H22Cl2N6. The van der Waals surface area contributed by atoms with Gasteiger partial charge < -0.3 is 10.6 Å². The summed E-state index contributed by atoms with van der Waals surface area (Å²) in [6, 6.07) is 11.5. The van der Waals surface area contributed by atoms with Gasteiger partial charge in [0, 0.05) is 25.2 Å². The normalized spacial score (nSPS) is 12.4. The number of aliphatic imine (C=N–C) groups is 1. The molecule has 6 nitrogen and oxygen atoms in total. The van der Waals surface area contributed by atoms with Gasteiger partial charge in [0.15, 0.2) is 17.4 Å². The first-order valence-electron chi connectivity index (χ1n) is 8.59. The highest BCUT2D eigenvalue weighted by Crippen LogP contribution is 2.29. The van der Waals surface area contributed by atoms with Crippen molar-refractivity contribution in [2.75, 3.05) is 13.6 Å². The van der Waals surface area contributed by atoms with Crippen LogP contribution in [0.15, 0.2) is 47.6 Å². The first kappa shape index (κ1) is 19.5. The maximum atomic E-state index is 6.16. The average molecular weight is 405 g/mol. The molecule has 0 aliphatic heterocycles. The Balaban J connectivity index is 1.62. The number of nitrogens with zero attached hydrogens (tertiary/aromatic N) is 4. The Morgan fingerprint density at radius 2 is 1.93 bits per heavy atom. The van der Waals surface area contributed by atoms with Gasteiger partial charge in [-0.2, -0.15) is 0 Å². The second-order valence-corrected chi connectivity index (χ2v) is 7.65. The molecule has 0 atom stereocenters. The maximum Gasteiger partial charge on any atom is 0.191 e. The van der Waals surface area contributed by atoms with Crippen molar-refractivity contribution in [2.24, 2.45) is 4.99 Å². The second kappa shape index (κ2) is 8.15. The molecule has 0 aliphatic carbocycles. The molecule has 2 heterocycles. The van der Waals surface area contributed by atoms with Gasteiger partial charge in [-0.3, -0.25) is 9.39 Å². The van der Waals surface area contributed by atoms with Crippen LogP contribution in [0.25, 0.3) is 5.65 Å². The Kier molecular flexibility index (Phi) is 5.87. The van der Waals surface area contributed by atoms with Crippen LogP contribution in [0.2, 0.25) is 10.0 Å². The van der Waals surface area contributed by atoms with Gasteiger partial charge in [-0.05, 0) is 29.8 Å². The molecule has 0 bridgehead atoms. The predicted molar refractivity (Wildman–Crippen MR) is 111 cm³/mol. The molecule has 2 N–H and O–H groups in total. The van der Waals surface area contributed by atoms with Gasteiger partial charge in [-0.15, -0.1) is 10.2 Å². The lowest BCUT2D eigenvalue weighted by Gasteiger charge is -2.27. The lowest BCUT2D eigenvalue weighted by Crippen LogP contribution is -2.43. The van der Waals surface area contributed by atoms with Crippen molar-refractivity contribution >= 4 is 34.8 Å². The molecular weight excluding hydrogens is 383 g/mol. The standard InChI is InChI=1S/C19H22Cl2N6/c1-19(2,13-7-8-14(20)15(21)10-13)12-24-18(22-3)23-11-17-26-25-16-6-4-5-9-27(16)17/h4-10H,11-12H2,1-3H3,(H2,22,23,24). The van der Waals surface area contributed by atoms with E-state index in [4.69, 9.17) is 23.2 Å². The molecule has 1 aromatic carbocycles. The first-order valence-corrected chi connectivity index (χ1v) is 9.35. The number of fused-ring (bicyclic) bond motifs is 1. The van der Waals surface area contributed by atoms with Crippen molar-refractivity contribution in [3.63, 3.8) is 0 Å². The molecule has 0 saturated carbocycles. The zero-order valence-electron chi connectivity index (χ0n) is 15.5. The predicted octanol–water partition coefficient (Wildman–Crippen LogP) is 3.68. The Bertz CT molecular complexity index is 964. The lowest BCUT2D eigenvalue weighted by atomic mass is 9.84. The molecule has 0 aliphatic rings. The Labute approximate surface area is 168 Å². The molecule has 3 aromatic rings. The largest absolute Gasteiger partial charge is 0.356 e. The van der Waals surface area contributed by atoms with Crippen LogP contribution in [-0.2, 0) is 12.0 Å². The topological polar surface area (TPSA) is 66.6 Å². The van der Waals surface area contributed by atoms with Gasteiger partial charge in [0.1, 0.15) is 0 Å². The Morgan fingerprint density at radius 1 is 1.11 bits per heavy atom. The van der Waals surface area contributed by atoms with E-state index < -0.39 is 0 Å². The maximum absolute atomic E-state index is 6.16. The number of nitrogens with one attached hydrogen (secondary N) is 2. The van der Waals surface area contributed by atoms with Gasteiger partial charge >= 0.3 is 0 Å². The van der Waals surface area contributed by atoms with Gasteiger partial charge in [-0.1, -0.05) is 49.2 Å². The summed E-state index contributed by atoms with van der Waals surface area (Å²) < 4.78 is 1.94. The zero-order valence-corrected chi connectivity index (χ0v) is 17.0. The van der Waals surface area contributed by atoms with E-state index in [1.165, 1.54) is 0 Å². The van der Waals surface area contributed by atoms with E-state index in [0.29, 0.717) is 29.1 Å². The van der Waals surface area contributed by atoms with Crippen molar-refractivity contribution in [1.29, 1.82) is 0 Å². The first-order chi connectivity index (χ1) is 12.9. The monoisotopic (exact) mass is 404 g/mol. The van der Waals surface area contributed by atoms with Crippen LogP contribution < -0.4 is 10.6 Å². The minimum atomic E-state index is -0.159. The fourth-order valence-electron chi connectivity index (χ4n) is 2.72. The molecule has 0 fully saturated rings. The quantitative estimate of drug-likeness (QED) is 0.502. The number of hydrogen-bond acceptors (Lipinski definition) is 3. The highest BCUT2D eigenvalue weighted by molar-refractivity contribution is 6.42. The fourth-order valence-corrected chi connectivity index (χ4v) is 3.02. The molecule has 0 saturated heterocycles. The lowest BCUT2D eigenvalue weighted by molar-refractivity contribution is 0.508. The third-order valence-electron chi connectivity index (χ3n) is 4.42. The van der Waals surface area contributed by atoms with Crippen molar-refractivity contribution in [2.45, 2.75) is 25.8 Å². The van der Waals surface area contributed by atoms with Gasteiger partial charge in [0.05, 0.1) is 16.6 Å². The van der Waals surface area contributed by atoms with Crippen LogP contribution in [0.3, 0.4) is 0 Å². The summed E-state index contributed by atoms with van der Waals surface area (Å²) in [6.45, 7) is 5.46. The highest BCUT2D eigenvalue weighted by atomic mass is 35.5. The van der Waals surface area contributed by atoms with Crippen molar-refractivity contribution in [1.82, 2.24) is 25.2 Å². The minimum Gasteiger partial charge on any atom is -0.356 e. The van der Waals surface area contributed by atoms with Crippen molar-refractivity contribution in [3.8, 4) is 0 Å². The van der Waals surface area contributed by atoms with Crippen molar-refractivity contribution < 1.29 is 0 Å². The van der Waals surface area contributed by atoms with Crippen LogP contribution in [0, 0.1) is 0 Å². The van der Waals surface area contributed by atoms with E-state index in [9.17, 15) is 0 Å². The summed E-state index contributed by atoms with van der Waals surface area (Å²) in [5.74, 6) is 1.51. The SMILES string of the molecule is CN=C(NCc1nnc2ccccn12)NCC(C)(C)c1ccc(Cl)c(Cl)c1. The van der Waals surface area contributed by atoms with E-state index >= 15 is 0 Å².